The SMILES string of the molecule is C[C@H]1CC[C@@H](N[C@@H](C)C23C[C@@H]4C[C@H](CC(c5ccc(Cl)cc5)(C4)C2)C3)C1. The summed E-state index contributed by atoms with van der Waals surface area (Å²) < 4.78 is 0. The first-order valence-corrected chi connectivity index (χ1v) is 11.4. The van der Waals surface area contributed by atoms with Crippen molar-refractivity contribution in [3.63, 3.8) is 0 Å². The summed E-state index contributed by atoms with van der Waals surface area (Å²) in [6, 6.07) is 10.3. The third-order valence-electron chi connectivity index (χ3n) is 8.66. The lowest BCUT2D eigenvalue weighted by Crippen LogP contribution is -2.60. The van der Waals surface area contributed by atoms with E-state index in [4.69, 9.17) is 11.6 Å². The maximum atomic E-state index is 6.19. The van der Waals surface area contributed by atoms with Gasteiger partial charge in [0.1, 0.15) is 0 Å². The van der Waals surface area contributed by atoms with Crippen LogP contribution in [0.3, 0.4) is 0 Å². The number of hydrogen-bond acceptors (Lipinski definition) is 1. The lowest BCUT2D eigenvalue weighted by molar-refractivity contribution is -0.0895. The fraction of sp³-hybridized carbons (Fsp3) is 0.750. The van der Waals surface area contributed by atoms with Crippen molar-refractivity contribution in [1.82, 2.24) is 5.32 Å². The third-order valence-corrected chi connectivity index (χ3v) is 8.91. The van der Waals surface area contributed by atoms with Crippen LogP contribution in [-0.2, 0) is 5.41 Å². The van der Waals surface area contributed by atoms with E-state index < -0.39 is 0 Å². The standard InChI is InChI=1S/C24H34ClN/c1-16-3-8-22(9-16)26-17(2)23-11-18-10-19(12-23)14-24(13-18,15-23)20-4-6-21(25)7-5-20/h4-7,16-19,22,26H,3,8-15H2,1-2H3/t16-,17-,18-,19-,22+,23?,24?/m0/s1. The molecule has 1 aromatic rings. The monoisotopic (exact) mass is 371 g/mol. The summed E-state index contributed by atoms with van der Waals surface area (Å²) in [6.45, 7) is 4.94. The Balaban J connectivity index is 1.42. The third kappa shape index (κ3) is 2.85. The summed E-state index contributed by atoms with van der Waals surface area (Å²) in [6.07, 6.45) is 12.8. The normalized spacial score (nSPS) is 45.2. The van der Waals surface area contributed by atoms with Gasteiger partial charge >= 0.3 is 0 Å². The highest BCUT2D eigenvalue weighted by Crippen LogP contribution is 2.66. The summed E-state index contributed by atoms with van der Waals surface area (Å²) in [5.41, 5.74) is 2.52. The van der Waals surface area contributed by atoms with E-state index in [2.05, 4.69) is 43.4 Å². The Morgan fingerprint density at radius 1 is 1.00 bits per heavy atom. The minimum atomic E-state index is 0.424. The highest BCUT2D eigenvalue weighted by atomic mass is 35.5. The van der Waals surface area contributed by atoms with Crippen LogP contribution >= 0.6 is 11.6 Å². The maximum absolute atomic E-state index is 6.19. The van der Waals surface area contributed by atoms with Crippen LogP contribution in [0.15, 0.2) is 24.3 Å². The van der Waals surface area contributed by atoms with Crippen molar-refractivity contribution in [2.75, 3.05) is 0 Å². The average Bonchev–Trinajstić information content (AvgIpc) is 2.99. The maximum Gasteiger partial charge on any atom is 0.0406 e. The Bertz CT molecular complexity index is 651. The number of nitrogens with one attached hydrogen (secondary N) is 1. The van der Waals surface area contributed by atoms with Crippen molar-refractivity contribution < 1.29 is 0 Å². The largest absolute Gasteiger partial charge is 0.311 e. The molecule has 0 saturated heterocycles. The molecule has 0 heterocycles. The molecule has 5 aliphatic carbocycles. The van der Waals surface area contributed by atoms with Gasteiger partial charge in [-0.05, 0) is 111 Å². The van der Waals surface area contributed by atoms with Crippen LogP contribution in [0.25, 0.3) is 0 Å². The number of halogens is 1. The Hall–Kier alpha value is -0.530. The van der Waals surface area contributed by atoms with Crippen molar-refractivity contribution in [3.05, 3.63) is 34.9 Å². The van der Waals surface area contributed by atoms with Gasteiger partial charge in [0.2, 0.25) is 0 Å². The molecule has 5 aliphatic rings. The van der Waals surface area contributed by atoms with Crippen LogP contribution in [0, 0.1) is 23.2 Å². The van der Waals surface area contributed by atoms with Gasteiger partial charge in [-0.2, -0.15) is 0 Å². The molecule has 0 aliphatic heterocycles. The van der Waals surface area contributed by atoms with E-state index in [1.54, 1.807) is 5.56 Å². The van der Waals surface area contributed by atoms with Crippen molar-refractivity contribution in [1.29, 1.82) is 0 Å². The van der Waals surface area contributed by atoms with Crippen LogP contribution in [0.1, 0.15) is 77.2 Å². The molecule has 2 heteroatoms. The molecule has 0 spiro atoms. The van der Waals surface area contributed by atoms with E-state index in [1.165, 1.54) is 57.8 Å². The van der Waals surface area contributed by atoms with Crippen molar-refractivity contribution in [3.8, 4) is 0 Å². The second-order valence-electron chi connectivity index (χ2n) is 10.6. The fourth-order valence-corrected chi connectivity index (χ4v) is 8.00. The van der Waals surface area contributed by atoms with Crippen molar-refractivity contribution in [2.45, 2.75) is 89.1 Å². The number of rotatable bonds is 4. The predicted molar refractivity (Wildman–Crippen MR) is 110 cm³/mol. The zero-order valence-electron chi connectivity index (χ0n) is 16.4. The van der Waals surface area contributed by atoms with Gasteiger partial charge in [0, 0.05) is 17.1 Å². The molecule has 1 N–H and O–H groups in total. The summed E-state index contributed by atoms with van der Waals surface area (Å²) in [5, 5.41) is 5.00. The molecule has 5 fully saturated rings. The van der Waals surface area contributed by atoms with Gasteiger partial charge in [-0.15, -0.1) is 0 Å². The quantitative estimate of drug-likeness (QED) is 0.650. The first-order valence-electron chi connectivity index (χ1n) is 11.0. The minimum Gasteiger partial charge on any atom is -0.311 e. The molecule has 0 unspecified atom stereocenters. The Morgan fingerprint density at radius 2 is 1.69 bits per heavy atom. The molecule has 0 aromatic heterocycles. The molecule has 0 radical (unpaired) electrons. The first kappa shape index (κ1) is 17.6. The zero-order valence-corrected chi connectivity index (χ0v) is 17.2. The number of hydrogen-bond donors (Lipinski definition) is 1. The molecule has 26 heavy (non-hydrogen) atoms. The highest BCUT2D eigenvalue weighted by molar-refractivity contribution is 6.30. The van der Waals surface area contributed by atoms with E-state index in [9.17, 15) is 0 Å². The van der Waals surface area contributed by atoms with E-state index in [0.717, 1.165) is 28.8 Å². The summed E-state index contributed by atoms with van der Waals surface area (Å²) in [5.74, 6) is 2.80. The molecular weight excluding hydrogens is 338 g/mol. The Kier molecular flexibility index (Phi) is 4.22. The van der Waals surface area contributed by atoms with Gasteiger partial charge in [-0.3, -0.25) is 0 Å². The molecule has 0 amide bonds. The second kappa shape index (κ2) is 6.24. The highest BCUT2D eigenvalue weighted by Gasteiger charge is 2.59. The molecular formula is C24H34ClN. The van der Waals surface area contributed by atoms with Gasteiger partial charge < -0.3 is 5.32 Å². The zero-order chi connectivity index (χ0) is 17.9. The molecule has 4 bridgehead atoms. The molecule has 1 nitrogen and oxygen atoms in total. The van der Waals surface area contributed by atoms with Gasteiger partial charge in [0.15, 0.2) is 0 Å². The first-order chi connectivity index (χ1) is 12.5. The minimum absolute atomic E-state index is 0.424. The van der Waals surface area contributed by atoms with E-state index in [0.29, 0.717) is 16.9 Å². The number of benzene rings is 1. The molecule has 5 atom stereocenters. The smallest absolute Gasteiger partial charge is 0.0406 e. The van der Waals surface area contributed by atoms with Gasteiger partial charge in [-0.25, -0.2) is 0 Å². The predicted octanol–water partition coefficient (Wildman–Crippen LogP) is 6.34. The van der Waals surface area contributed by atoms with Crippen LogP contribution in [0.5, 0.6) is 0 Å². The van der Waals surface area contributed by atoms with E-state index in [1.807, 2.05) is 0 Å². The summed E-state index contributed by atoms with van der Waals surface area (Å²) in [4.78, 5) is 0. The molecule has 142 valence electrons. The lowest BCUT2D eigenvalue weighted by atomic mass is 9.41. The van der Waals surface area contributed by atoms with Gasteiger partial charge in [0.05, 0.1) is 0 Å². The van der Waals surface area contributed by atoms with E-state index >= 15 is 0 Å². The van der Waals surface area contributed by atoms with Gasteiger partial charge in [-0.1, -0.05) is 30.7 Å². The summed E-state index contributed by atoms with van der Waals surface area (Å²) in [7, 11) is 0. The molecule has 5 saturated carbocycles. The van der Waals surface area contributed by atoms with Crippen LogP contribution in [0.4, 0.5) is 0 Å². The second-order valence-corrected chi connectivity index (χ2v) is 11.1. The Morgan fingerprint density at radius 3 is 2.31 bits per heavy atom. The van der Waals surface area contributed by atoms with Crippen LogP contribution in [0.2, 0.25) is 5.02 Å². The average molecular weight is 372 g/mol. The van der Waals surface area contributed by atoms with Crippen molar-refractivity contribution >= 4 is 11.6 Å². The Labute approximate surface area is 164 Å². The van der Waals surface area contributed by atoms with Gasteiger partial charge in [0.25, 0.3) is 0 Å². The molecule has 6 rings (SSSR count). The molecule has 1 aromatic carbocycles. The lowest BCUT2D eigenvalue weighted by Gasteiger charge is -2.64. The topological polar surface area (TPSA) is 12.0 Å². The van der Waals surface area contributed by atoms with Crippen LogP contribution in [-0.4, -0.2) is 12.1 Å². The van der Waals surface area contributed by atoms with E-state index in [-0.39, 0.29) is 0 Å². The fourth-order valence-electron chi connectivity index (χ4n) is 7.87. The van der Waals surface area contributed by atoms with Crippen molar-refractivity contribution in [2.24, 2.45) is 23.2 Å². The summed E-state index contributed by atoms with van der Waals surface area (Å²) >= 11 is 6.19. The van der Waals surface area contributed by atoms with Crippen LogP contribution < -0.4 is 5.32 Å².